The molecule has 0 rings (SSSR count). The third kappa shape index (κ3) is 5.77. The molecule has 7 heteroatoms. The summed E-state index contributed by atoms with van der Waals surface area (Å²) in [5.41, 5.74) is 0.306. The summed E-state index contributed by atoms with van der Waals surface area (Å²) in [6, 6.07) is 0. The van der Waals surface area contributed by atoms with Gasteiger partial charge in [-0.25, -0.2) is 9.59 Å². The molecule has 0 heterocycles. The summed E-state index contributed by atoms with van der Waals surface area (Å²) >= 11 is 0. The molecule has 1 amide bonds. The highest BCUT2D eigenvalue weighted by Crippen LogP contribution is 2.08. The van der Waals surface area contributed by atoms with E-state index in [4.69, 9.17) is 4.74 Å². The van der Waals surface area contributed by atoms with Crippen molar-refractivity contribution in [2.24, 2.45) is 0 Å². The Morgan fingerprint density at radius 2 is 2.00 bits per heavy atom. The average Bonchev–Trinajstić information content (AvgIpc) is 2.33. The molecule has 2 unspecified atom stereocenters. The summed E-state index contributed by atoms with van der Waals surface area (Å²) in [7, 11) is -1.14. The first-order valence-electron chi connectivity index (χ1n) is 5.65. The van der Waals surface area contributed by atoms with E-state index in [0.717, 1.165) is 0 Å². The Balaban J connectivity index is 4.48. The molecule has 0 aliphatic carbocycles. The largest absolute Gasteiger partial charge is 0.547 e. The molecule has 0 saturated heterocycles. The Hall–Kier alpha value is -1.42. The van der Waals surface area contributed by atoms with Crippen LogP contribution in [-0.4, -0.2) is 36.2 Å². The highest BCUT2D eigenvalue weighted by molar-refractivity contribution is 7.18. The van der Waals surface area contributed by atoms with E-state index < -0.39 is 26.9 Å². The van der Waals surface area contributed by atoms with Gasteiger partial charge in [0.25, 0.3) is 0 Å². The number of rotatable bonds is 7. The molecule has 0 fully saturated rings. The van der Waals surface area contributed by atoms with Gasteiger partial charge in [-0.2, -0.15) is 4.52 Å². The second kappa shape index (κ2) is 8.64. The molecule has 18 heavy (non-hydrogen) atoms. The zero-order chi connectivity index (χ0) is 14.1. The van der Waals surface area contributed by atoms with Crippen LogP contribution in [0.2, 0.25) is 0 Å². The van der Waals surface area contributed by atoms with Gasteiger partial charge in [-0.1, -0.05) is 13.5 Å². The van der Waals surface area contributed by atoms with Gasteiger partial charge in [-0.05, 0) is 24.8 Å². The Bertz CT molecular complexity index is 331. The standard InChI is InChI=1S/C11H19NO5P/c1-5-9(16-10(13)8(3)4)7-12(6-2)11(14)17-18-15/h9,18H,3,5-7H2,1-2,4H3/q+1. The molecule has 0 saturated carbocycles. The van der Waals surface area contributed by atoms with Crippen molar-refractivity contribution in [3.05, 3.63) is 12.2 Å². The molecule has 0 N–H and O–H groups in total. The normalized spacial score (nSPS) is 11.7. The number of hydrogen-bond acceptors (Lipinski definition) is 5. The summed E-state index contributed by atoms with van der Waals surface area (Å²) in [4.78, 5) is 24.1. The summed E-state index contributed by atoms with van der Waals surface area (Å²) in [5, 5.41) is 0. The highest BCUT2D eigenvalue weighted by Gasteiger charge is 2.23. The van der Waals surface area contributed by atoms with Crippen LogP contribution in [0.3, 0.4) is 0 Å². The number of nitrogens with zero attached hydrogens (tertiary/aromatic N) is 1. The Morgan fingerprint density at radius 3 is 2.39 bits per heavy atom. The molecule has 0 spiro atoms. The lowest BCUT2D eigenvalue weighted by molar-refractivity contribution is -0.145. The quantitative estimate of drug-likeness (QED) is 0.405. The van der Waals surface area contributed by atoms with Crippen LogP contribution >= 0.6 is 8.69 Å². The molecule has 2 atom stereocenters. The Kier molecular flexibility index (Phi) is 7.96. The van der Waals surface area contributed by atoms with Gasteiger partial charge in [0.15, 0.2) is 0 Å². The number of carbonyl (C=O) groups excluding carboxylic acids is 2. The average molecular weight is 276 g/mol. The fourth-order valence-electron chi connectivity index (χ4n) is 1.18. The maximum atomic E-state index is 11.4. The topological polar surface area (TPSA) is 72.9 Å². The van der Waals surface area contributed by atoms with Crippen molar-refractivity contribution in [3.63, 3.8) is 0 Å². The predicted molar refractivity (Wildman–Crippen MR) is 67.7 cm³/mol. The van der Waals surface area contributed by atoms with Gasteiger partial charge in [0, 0.05) is 12.1 Å². The summed E-state index contributed by atoms with van der Waals surface area (Å²) < 4.78 is 19.8. The van der Waals surface area contributed by atoms with Gasteiger partial charge in [0.05, 0.1) is 6.54 Å². The molecule has 102 valence electrons. The zero-order valence-electron chi connectivity index (χ0n) is 10.9. The molecule has 0 aromatic carbocycles. The molecule has 0 aliphatic heterocycles. The fourth-order valence-corrected chi connectivity index (χ4v) is 1.38. The number of carbonyl (C=O) groups is 2. The van der Waals surface area contributed by atoms with Crippen molar-refractivity contribution in [1.82, 2.24) is 4.90 Å². The molecule has 0 aromatic rings. The van der Waals surface area contributed by atoms with Crippen LogP contribution in [0.4, 0.5) is 4.79 Å². The fraction of sp³-hybridized carbons (Fsp3) is 0.636. The van der Waals surface area contributed by atoms with E-state index in [-0.39, 0.29) is 6.54 Å². The summed E-state index contributed by atoms with van der Waals surface area (Å²) in [6.45, 7) is 9.22. The van der Waals surface area contributed by atoms with Crippen molar-refractivity contribution in [2.45, 2.75) is 33.3 Å². The van der Waals surface area contributed by atoms with Crippen LogP contribution in [0.5, 0.6) is 0 Å². The number of amides is 1. The second-order valence-electron chi connectivity index (χ2n) is 3.71. The molecule has 0 aromatic heterocycles. The number of likely N-dealkylation sites (N-methyl/N-ethyl adjacent to an activating group) is 1. The van der Waals surface area contributed by atoms with Gasteiger partial charge >= 0.3 is 20.7 Å². The van der Waals surface area contributed by atoms with E-state index in [1.165, 1.54) is 4.90 Å². The molecule has 0 aliphatic rings. The van der Waals surface area contributed by atoms with E-state index in [1.54, 1.807) is 13.8 Å². The lowest BCUT2D eigenvalue weighted by atomic mass is 10.2. The van der Waals surface area contributed by atoms with E-state index in [2.05, 4.69) is 11.1 Å². The summed E-state index contributed by atoms with van der Waals surface area (Å²) in [5.74, 6) is -0.489. The SMILES string of the molecule is C=C(C)C(=O)OC(CC)CN(CC)C(=O)O[PH+]=O. The van der Waals surface area contributed by atoms with Crippen molar-refractivity contribution in [3.8, 4) is 0 Å². The van der Waals surface area contributed by atoms with Crippen LogP contribution in [0.25, 0.3) is 0 Å². The van der Waals surface area contributed by atoms with Crippen molar-refractivity contribution >= 4 is 20.7 Å². The van der Waals surface area contributed by atoms with Crippen molar-refractivity contribution in [2.75, 3.05) is 13.1 Å². The van der Waals surface area contributed by atoms with Crippen LogP contribution in [0.1, 0.15) is 27.2 Å². The highest BCUT2D eigenvalue weighted by atomic mass is 31.1. The van der Waals surface area contributed by atoms with Crippen molar-refractivity contribution < 1.29 is 23.4 Å². The third-order valence-corrected chi connectivity index (χ3v) is 2.53. The van der Waals surface area contributed by atoms with Crippen LogP contribution in [-0.2, 0) is 18.6 Å². The van der Waals surface area contributed by atoms with Gasteiger partial charge in [-0.15, -0.1) is 0 Å². The molecule has 6 nitrogen and oxygen atoms in total. The minimum atomic E-state index is -1.14. The molecule has 0 bridgehead atoms. The first kappa shape index (κ1) is 16.6. The van der Waals surface area contributed by atoms with Crippen LogP contribution in [0.15, 0.2) is 12.2 Å². The minimum Gasteiger partial charge on any atom is -0.457 e. The van der Waals surface area contributed by atoms with Gasteiger partial charge in [-0.3, -0.25) is 0 Å². The van der Waals surface area contributed by atoms with Gasteiger partial charge in [0.1, 0.15) is 6.10 Å². The number of ether oxygens (including phenoxy) is 1. The lowest BCUT2D eigenvalue weighted by Crippen LogP contribution is -2.38. The molecule has 0 radical (unpaired) electrons. The molecular formula is C11H19NO5P+. The first-order valence-corrected chi connectivity index (χ1v) is 6.47. The Labute approximate surface area is 108 Å². The Morgan fingerprint density at radius 1 is 1.39 bits per heavy atom. The van der Waals surface area contributed by atoms with Crippen LogP contribution < -0.4 is 0 Å². The maximum Gasteiger partial charge on any atom is 0.547 e. The number of esters is 1. The monoisotopic (exact) mass is 276 g/mol. The van der Waals surface area contributed by atoms with Gasteiger partial charge in [0.2, 0.25) is 0 Å². The van der Waals surface area contributed by atoms with E-state index in [1.807, 2.05) is 6.92 Å². The first-order chi connectivity index (χ1) is 8.46. The summed E-state index contributed by atoms with van der Waals surface area (Å²) in [6.07, 6.45) is -0.560. The maximum absolute atomic E-state index is 11.4. The van der Waals surface area contributed by atoms with E-state index in [0.29, 0.717) is 18.5 Å². The van der Waals surface area contributed by atoms with Gasteiger partial charge < -0.3 is 9.64 Å². The number of hydrogen-bond donors (Lipinski definition) is 0. The second-order valence-corrected chi connectivity index (χ2v) is 4.08. The molecular weight excluding hydrogens is 257 g/mol. The smallest absolute Gasteiger partial charge is 0.457 e. The van der Waals surface area contributed by atoms with E-state index >= 15 is 0 Å². The zero-order valence-corrected chi connectivity index (χ0v) is 11.9. The lowest BCUT2D eigenvalue weighted by Gasteiger charge is -2.23. The third-order valence-electron chi connectivity index (χ3n) is 2.27. The van der Waals surface area contributed by atoms with Crippen molar-refractivity contribution in [1.29, 1.82) is 0 Å². The van der Waals surface area contributed by atoms with E-state index in [9.17, 15) is 14.2 Å². The predicted octanol–water partition coefficient (Wildman–Crippen LogP) is 2.28. The van der Waals surface area contributed by atoms with Crippen LogP contribution in [0, 0.1) is 0 Å². The minimum absolute atomic E-state index is 0.204.